The summed E-state index contributed by atoms with van der Waals surface area (Å²) in [6.07, 6.45) is -4.89. The Morgan fingerprint density at radius 2 is 1.65 bits per heavy atom. The Balaban J connectivity index is 2.19. The number of amides is 2. The van der Waals surface area contributed by atoms with Gasteiger partial charge >= 0.3 is 6.18 Å². The van der Waals surface area contributed by atoms with Crippen molar-refractivity contribution in [3.63, 3.8) is 0 Å². The number of hydrogen-bond donors (Lipinski definition) is 2. The molecule has 0 aromatic heterocycles. The van der Waals surface area contributed by atoms with Gasteiger partial charge in [0.2, 0.25) is 5.91 Å². The van der Waals surface area contributed by atoms with Crippen LogP contribution in [0.25, 0.3) is 0 Å². The minimum atomic E-state index is -4.57. The van der Waals surface area contributed by atoms with Crippen LogP contribution in [0.1, 0.15) is 21.5 Å². The molecule has 0 unspecified atom stereocenters. The summed E-state index contributed by atoms with van der Waals surface area (Å²) in [4.78, 5) is 23.6. The Labute approximate surface area is 144 Å². The zero-order valence-electron chi connectivity index (χ0n) is 13.1. The van der Waals surface area contributed by atoms with Crippen LogP contribution >= 0.6 is 0 Å². The van der Waals surface area contributed by atoms with Crippen molar-refractivity contribution in [1.29, 1.82) is 0 Å². The summed E-state index contributed by atoms with van der Waals surface area (Å²) in [5.74, 6) is -3.99. The monoisotopic (exact) mass is 372 g/mol. The number of nitrogens with one attached hydrogen (secondary N) is 1. The molecular weight excluding hydrogens is 359 g/mol. The first-order valence-electron chi connectivity index (χ1n) is 7.28. The van der Waals surface area contributed by atoms with Crippen LogP contribution in [0.2, 0.25) is 0 Å². The average Bonchev–Trinajstić information content (AvgIpc) is 2.52. The number of halogens is 5. The fourth-order valence-corrected chi connectivity index (χ4v) is 2.26. The summed E-state index contributed by atoms with van der Waals surface area (Å²) < 4.78 is 64.6. The molecule has 0 bridgehead atoms. The molecule has 4 nitrogen and oxygen atoms in total. The van der Waals surface area contributed by atoms with Gasteiger partial charge < -0.3 is 11.1 Å². The highest BCUT2D eigenvalue weighted by molar-refractivity contribution is 5.97. The second-order valence-electron chi connectivity index (χ2n) is 5.49. The smallest absolute Gasteiger partial charge is 0.368 e. The third-order valence-corrected chi connectivity index (χ3v) is 3.47. The predicted octanol–water partition coefficient (Wildman–Crippen LogP) is 2.81. The third kappa shape index (κ3) is 5.01. The highest BCUT2D eigenvalue weighted by Crippen LogP contribution is 2.29. The lowest BCUT2D eigenvalue weighted by atomic mass is 10.0. The lowest BCUT2D eigenvalue weighted by Gasteiger charge is -2.16. The molecule has 0 aliphatic carbocycles. The Bertz CT molecular complexity index is 816. The van der Waals surface area contributed by atoms with E-state index in [1.807, 2.05) is 0 Å². The van der Waals surface area contributed by atoms with Gasteiger partial charge in [-0.05, 0) is 23.8 Å². The number of benzene rings is 2. The van der Waals surface area contributed by atoms with Crippen LogP contribution in [0, 0.1) is 11.6 Å². The van der Waals surface area contributed by atoms with Gasteiger partial charge in [-0.3, -0.25) is 9.59 Å². The number of hydrogen-bond acceptors (Lipinski definition) is 2. The van der Waals surface area contributed by atoms with Crippen molar-refractivity contribution in [2.45, 2.75) is 18.6 Å². The van der Waals surface area contributed by atoms with Gasteiger partial charge in [0.25, 0.3) is 5.91 Å². The second-order valence-corrected chi connectivity index (χ2v) is 5.49. The predicted molar refractivity (Wildman–Crippen MR) is 82.0 cm³/mol. The van der Waals surface area contributed by atoms with E-state index in [2.05, 4.69) is 5.32 Å². The lowest BCUT2D eigenvalue weighted by Crippen LogP contribution is -2.45. The van der Waals surface area contributed by atoms with Gasteiger partial charge in [-0.25, -0.2) is 8.78 Å². The Morgan fingerprint density at radius 1 is 1.04 bits per heavy atom. The Hall–Kier alpha value is -2.97. The van der Waals surface area contributed by atoms with E-state index < -0.39 is 46.8 Å². The maximum absolute atomic E-state index is 13.2. The van der Waals surface area contributed by atoms with Crippen molar-refractivity contribution in [3.05, 3.63) is 70.8 Å². The molecule has 2 rings (SSSR count). The van der Waals surface area contributed by atoms with E-state index >= 15 is 0 Å². The van der Waals surface area contributed by atoms with Gasteiger partial charge in [0.15, 0.2) is 0 Å². The van der Waals surface area contributed by atoms with Crippen molar-refractivity contribution >= 4 is 11.8 Å². The molecule has 26 heavy (non-hydrogen) atoms. The first kappa shape index (κ1) is 19.4. The van der Waals surface area contributed by atoms with Crippen molar-refractivity contribution in [3.8, 4) is 0 Å². The molecule has 0 radical (unpaired) electrons. The van der Waals surface area contributed by atoms with Gasteiger partial charge in [0, 0.05) is 18.1 Å². The van der Waals surface area contributed by atoms with Gasteiger partial charge in [0.05, 0.1) is 5.56 Å². The quantitative estimate of drug-likeness (QED) is 0.793. The summed E-state index contributed by atoms with van der Waals surface area (Å²) in [6, 6.07) is 4.87. The maximum atomic E-state index is 13.2. The van der Waals surface area contributed by atoms with Crippen LogP contribution in [0.15, 0.2) is 42.5 Å². The number of alkyl halides is 3. The summed E-state index contributed by atoms with van der Waals surface area (Å²) in [7, 11) is 0. The Morgan fingerprint density at radius 3 is 2.19 bits per heavy atom. The molecule has 0 aliphatic rings. The standard InChI is InChI=1S/C17H13F5N2O2/c18-12-6-10(7-13(19)8-12)16(26)24-14(15(23)25)5-9-2-1-3-11(4-9)17(20,21)22/h1-4,6-8,14H,5H2,(H2,23,25)(H,24,26)/t14-/m1/s1. The normalized spacial score (nSPS) is 12.5. The Kier molecular flexibility index (Phi) is 5.59. The number of nitrogens with two attached hydrogens (primary N) is 1. The molecule has 1 atom stereocenters. The fourth-order valence-electron chi connectivity index (χ4n) is 2.26. The number of carbonyl (C=O) groups excluding carboxylic acids is 2. The molecule has 2 amide bonds. The van der Waals surface area contributed by atoms with E-state index in [9.17, 15) is 31.5 Å². The molecular formula is C17H13F5N2O2. The molecule has 138 valence electrons. The minimum Gasteiger partial charge on any atom is -0.368 e. The molecule has 2 aromatic carbocycles. The zero-order valence-corrected chi connectivity index (χ0v) is 13.1. The molecule has 2 aromatic rings. The molecule has 0 aliphatic heterocycles. The SMILES string of the molecule is NC(=O)[C@@H](Cc1cccc(C(F)(F)F)c1)NC(=O)c1cc(F)cc(F)c1. The molecule has 9 heteroatoms. The molecule has 3 N–H and O–H groups in total. The molecule has 0 saturated carbocycles. The van der Waals surface area contributed by atoms with Crippen LogP contribution in [0.4, 0.5) is 22.0 Å². The summed E-state index contributed by atoms with van der Waals surface area (Å²) in [5.41, 5.74) is 3.97. The van der Waals surface area contributed by atoms with E-state index in [0.29, 0.717) is 6.07 Å². The highest BCUT2D eigenvalue weighted by Gasteiger charge is 2.30. The summed E-state index contributed by atoms with van der Waals surface area (Å²) in [6.45, 7) is 0. The number of primary amides is 1. The minimum absolute atomic E-state index is 0.106. The molecule has 0 fully saturated rings. The highest BCUT2D eigenvalue weighted by atomic mass is 19.4. The van der Waals surface area contributed by atoms with Crippen LogP contribution in [-0.2, 0) is 17.4 Å². The second kappa shape index (κ2) is 7.51. The van der Waals surface area contributed by atoms with Crippen molar-refractivity contribution in [2.75, 3.05) is 0 Å². The van der Waals surface area contributed by atoms with Crippen molar-refractivity contribution in [1.82, 2.24) is 5.32 Å². The zero-order chi connectivity index (χ0) is 19.5. The van der Waals surface area contributed by atoms with Crippen LogP contribution in [0.3, 0.4) is 0 Å². The molecule has 0 spiro atoms. The van der Waals surface area contributed by atoms with Crippen LogP contribution < -0.4 is 11.1 Å². The molecule has 0 heterocycles. The number of rotatable bonds is 5. The first-order valence-corrected chi connectivity index (χ1v) is 7.28. The average molecular weight is 372 g/mol. The lowest BCUT2D eigenvalue weighted by molar-refractivity contribution is -0.137. The van der Waals surface area contributed by atoms with E-state index in [1.165, 1.54) is 6.07 Å². The fraction of sp³-hybridized carbons (Fsp3) is 0.176. The van der Waals surface area contributed by atoms with Crippen molar-refractivity contribution in [2.24, 2.45) is 5.73 Å². The summed E-state index contributed by atoms with van der Waals surface area (Å²) in [5, 5.41) is 2.17. The van der Waals surface area contributed by atoms with Gasteiger partial charge in [0.1, 0.15) is 17.7 Å². The van der Waals surface area contributed by atoms with Crippen LogP contribution in [-0.4, -0.2) is 17.9 Å². The van der Waals surface area contributed by atoms with Gasteiger partial charge in [-0.2, -0.15) is 13.2 Å². The van der Waals surface area contributed by atoms with Gasteiger partial charge in [-0.15, -0.1) is 0 Å². The van der Waals surface area contributed by atoms with E-state index in [4.69, 9.17) is 5.73 Å². The topological polar surface area (TPSA) is 72.2 Å². The summed E-state index contributed by atoms with van der Waals surface area (Å²) >= 11 is 0. The van der Waals surface area contributed by atoms with E-state index in [-0.39, 0.29) is 12.0 Å². The largest absolute Gasteiger partial charge is 0.416 e. The third-order valence-electron chi connectivity index (χ3n) is 3.47. The molecule has 0 saturated heterocycles. The van der Waals surface area contributed by atoms with E-state index in [1.54, 1.807) is 0 Å². The first-order chi connectivity index (χ1) is 12.1. The number of carbonyl (C=O) groups is 2. The van der Waals surface area contributed by atoms with E-state index in [0.717, 1.165) is 30.3 Å². The van der Waals surface area contributed by atoms with Crippen LogP contribution in [0.5, 0.6) is 0 Å². The van der Waals surface area contributed by atoms with Crippen molar-refractivity contribution < 1.29 is 31.5 Å². The maximum Gasteiger partial charge on any atom is 0.416 e. The van der Waals surface area contributed by atoms with Gasteiger partial charge in [-0.1, -0.05) is 18.2 Å².